The zero-order valence-electron chi connectivity index (χ0n) is 13.2. The Labute approximate surface area is 144 Å². The molecule has 0 unspecified atom stereocenters. The number of rotatable bonds is 6. The summed E-state index contributed by atoms with van der Waals surface area (Å²) in [6.07, 6.45) is 2.70. The van der Waals surface area contributed by atoms with Gasteiger partial charge in [-0.25, -0.2) is 4.39 Å². The third-order valence-corrected chi connectivity index (χ3v) is 3.51. The van der Waals surface area contributed by atoms with E-state index in [4.69, 9.17) is 21.1 Å². The Morgan fingerprint density at radius 3 is 2.71 bits per heavy atom. The molecule has 4 nitrogen and oxygen atoms in total. The minimum absolute atomic E-state index is 0.0676. The first-order valence-electron chi connectivity index (χ1n) is 7.17. The fourth-order valence-electron chi connectivity index (χ4n) is 2.04. The van der Waals surface area contributed by atoms with Crippen molar-refractivity contribution >= 4 is 23.5 Å². The molecule has 24 heavy (non-hydrogen) atoms. The molecule has 2 rings (SSSR count). The Hall–Kier alpha value is -2.53. The second-order valence-corrected chi connectivity index (χ2v) is 5.23. The Bertz CT molecular complexity index is 787. The van der Waals surface area contributed by atoms with Crippen LogP contribution in [-0.4, -0.2) is 24.6 Å². The number of carbonyl (C=O) groups excluding carboxylic acids is 1. The average molecular weight is 351 g/mol. The molecule has 0 aromatic heterocycles. The van der Waals surface area contributed by atoms with E-state index >= 15 is 0 Å². The van der Waals surface area contributed by atoms with E-state index in [1.807, 2.05) is 0 Å². The number of carbonyl (C=O) groups is 1. The van der Waals surface area contributed by atoms with Crippen molar-refractivity contribution in [1.82, 2.24) is 0 Å². The van der Waals surface area contributed by atoms with E-state index in [1.54, 1.807) is 13.0 Å². The average Bonchev–Trinajstić information content (AvgIpc) is 2.57. The van der Waals surface area contributed by atoms with Gasteiger partial charge in [-0.2, -0.15) is 0 Å². The van der Waals surface area contributed by atoms with Crippen molar-refractivity contribution in [1.29, 1.82) is 0 Å². The van der Waals surface area contributed by atoms with Gasteiger partial charge in [0.25, 0.3) is 0 Å². The topological polar surface area (TPSA) is 55.8 Å². The maximum atomic E-state index is 13.9. The van der Waals surface area contributed by atoms with E-state index in [-0.39, 0.29) is 22.1 Å². The number of hydrogen-bond donors (Lipinski definition) is 1. The molecule has 0 amide bonds. The van der Waals surface area contributed by atoms with Gasteiger partial charge in [0.1, 0.15) is 11.6 Å². The molecule has 0 saturated carbocycles. The van der Waals surface area contributed by atoms with Gasteiger partial charge in [0.15, 0.2) is 17.3 Å². The molecule has 0 heterocycles. The van der Waals surface area contributed by atoms with Gasteiger partial charge >= 0.3 is 0 Å². The SMILES string of the molecule is CCOc1cc(/C=C/C(=O)c2ccc(OC)cc2F)cc(Cl)c1O. The van der Waals surface area contributed by atoms with Crippen molar-refractivity contribution in [3.05, 3.63) is 58.4 Å². The molecule has 0 aliphatic carbocycles. The van der Waals surface area contributed by atoms with Crippen LogP contribution in [0.4, 0.5) is 4.39 Å². The van der Waals surface area contributed by atoms with Crippen LogP contribution < -0.4 is 9.47 Å². The Kier molecular flexibility index (Phi) is 5.82. The van der Waals surface area contributed by atoms with Gasteiger partial charge in [-0.05, 0) is 42.8 Å². The van der Waals surface area contributed by atoms with Crippen molar-refractivity contribution in [2.45, 2.75) is 6.92 Å². The lowest BCUT2D eigenvalue weighted by Gasteiger charge is -2.08. The number of ketones is 1. The van der Waals surface area contributed by atoms with Gasteiger partial charge in [0, 0.05) is 6.07 Å². The van der Waals surface area contributed by atoms with Gasteiger partial charge in [0.05, 0.1) is 24.3 Å². The zero-order valence-corrected chi connectivity index (χ0v) is 13.9. The van der Waals surface area contributed by atoms with Crippen LogP contribution in [0.1, 0.15) is 22.8 Å². The number of phenolic OH excluding ortho intramolecular Hbond substituents is 1. The van der Waals surface area contributed by atoms with Crippen LogP contribution >= 0.6 is 11.6 Å². The first-order chi connectivity index (χ1) is 11.5. The van der Waals surface area contributed by atoms with Crippen molar-refractivity contribution in [2.75, 3.05) is 13.7 Å². The lowest BCUT2D eigenvalue weighted by Crippen LogP contribution is -1.99. The normalized spacial score (nSPS) is 10.8. The van der Waals surface area contributed by atoms with Crippen molar-refractivity contribution in [3.8, 4) is 17.2 Å². The molecule has 2 aromatic rings. The molecular weight excluding hydrogens is 335 g/mol. The lowest BCUT2D eigenvalue weighted by molar-refractivity contribution is 0.104. The van der Waals surface area contributed by atoms with Crippen molar-refractivity contribution < 1.29 is 23.8 Å². The summed E-state index contributed by atoms with van der Waals surface area (Å²) in [6.45, 7) is 2.12. The summed E-state index contributed by atoms with van der Waals surface area (Å²) < 4.78 is 24.1. The summed E-state index contributed by atoms with van der Waals surface area (Å²) in [4.78, 5) is 12.1. The van der Waals surface area contributed by atoms with E-state index in [1.165, 1.54) is 37.5 Å². The first kappa shape index (κ1) is 17.8. The van der Waals surface area contributed by atoms with Crippen LogP contribution in [0.25, 0.3) is 6.08 Å². The van der Waals surface area contributed by atoms with E-state index in [2.05, 4.69) is 0 Å². The highest BCUT2D eigenvalue weighted by Crippen LogP contribution is 2.35. The number of halogens is 2. The number of benzene rings is 2. The summed E-state index contributed by atoms with van der Waals surface area (Å²) in [6, 6.07) is 7.03. The molecule has 1 N–H and O–H groups in total. The monoisotopic (exact) mass is 350 g/mol. The van der Waals surface area contributed by atoms with Crippen LogP contribution in [0.3, 0.4) is 0 Å². The molecule has 6 heteroatoms. The molecule has 0 aliphatic heterocycles. The Balaban J connectivity index is 2.26. The molecule has 0 radical (unpaired) electrons. The molecule has 126 valence electrons. The molecule has 0 fully saturated rings. The third kappa shape index (κ3) is 4.06. The van der Waals surface area contributed by atoms with Crippen LogP contribution in [-0.2, 0) is 0 Å². The number of allylic oxidation sites excluding steroid dienone is 1. The minimum Gasteiger partial charge on any atom is -0.503 e. The summed E-state index contributed by atoms with van der Waals surface area (Å²) in [7, 11) is 1.42. The second kappa shape index (κ2) is 7.84. The summed E-state index contributed by atoms with van der Waals surface area (Å²) in [5.74, 6) is -0.782. The fourth-order valence-corrected chi connectivity index (χ4v) is 2.26. The highest BCUT2D eigenvalue weighted by Gasteiger charge is 2.11. The van der Waals surface area contributed by atoms with Crippen molar-refractivity contribution in [3.63, 3.8) is 0 Å². The smallest absolute Gasteiger partial charge is 0.188 e. The maximum absolute atomic E-state index is 13.9. The fraction of sp³-hybridized carbons (Fsp3) is 0.167. The van der Waals surface area contributed by atoms with Gasteiger partial charge in [-0.15, -0.1) is 0 Å². The number of ether oxygens (including phenoxy) is 2. The van der Waals surface area contributed by atoms with Crippen LogP contribution in [0.2, 0.25) is 5.02 Å². The van der Waals surface area contributed by atoms with Gasteiger partial charge in [-0.3, -0.25) is 4.79 Å². The third-order valence-electron chi connectivity index (χ3n) is 3.22. The van der Waals surface area contributed by atoms with Gasteiger partial charge in [-0.1, -0.05) is 17.7 Å². The highest BCUT2D eigenvalue weighted by atomic mass is 35.5. The van der Waals surface area contributed by atoms with E-state index in [9.17, 15) is 14.3 Å². The number of methoxy groups -OCH3 is 1. The molecule has 0 aliphatic rings. The number of phenols is 1. The van der Waals surface area contributed by atoms with Crippen molar-refractivity contribution in [2.24, 2.45) is 0 Å². The Morgan fingerprint density at radius 2 is 2.08 bits per heavy atom. The largest absolute Gasteiger partial charge is 0.503 e. The van der Waals surface area contributed by atoms with Crippen LogP contribution in [0, 0.1) is 5.82 Å². The summed E-state index contributed by atoms with van der Waals surface area (Å²) in [5.41, 5.74) is 0.477. The summed E-state index contributed by atoms with van der Waals surface area (Å²) >= 11 is 5.92. The molecule has 0 bridgehead atoms. The van der Waals surface area contributed by atoms with Gasteiger partial charge < -0.3 is 14.6 Å². The maximum Gasteiger partial charge on any atom is 0.188 e. The standard InChI is InChI=1S/C18H16ClFO4/c1-3-24-17-9-11(8-14(19)18(17)22)4-7-16(21)13-6-5-12(23-2)10-15(13)20/h4-10,22H,3H2,1-2H3/b7-4+. The zero-order chi connectivity index (χ0) is 17.7. The van der Waals surface area contributed by atoms with Crippen LogP contribution in [0.5, 0.6) is 17.2 Å². The van der Waals surface area contributed by atoms with E-state index in [0.717, 1.165) is 6.07 Å². The molecular formula is C18H16ClFO4. The van der Waals surface area contributed by atoms with Gasteiger partial charge in [0.2, 0.25) is 0 Å². The quantitative estimate of drug-likeness (QED) is 0.616. The molecule has 0 saturated heterocycles. The predicted octanol–water partition coefficient (Wildman–Crippen LogP) is 4.49. The number of hydrogen-bond acceptors (Lipinski definition) is 4. The molecule has 2 aromatic carbocycles. The highest BCUT2D eigenvalue weighted by molar-refractivity contribution is 6.32. The minimum atomic E-state index is -0.664. The van der Waals surface area contributed by atoms with Crippen LogP contribution in [0.15, 0.2) is 36.4 Å². The van der Waals surface area contributed by atoms with E-state index < -0.39 is 11.6 Å². The summed E-state index contributed by atoms with van der Waals surface area (Å²) in [5, 5.41) is 9.89. The van der Waals surface area contributed by atoms with E-state index in [0.29, 0.717) is 17.9 Å². The molecule has 0 spiro atoms. The lowest BCUT2D eigenvalue weighted by atomic mass is 10.1. The predicted molar refractivity (Wildman–Crippen MR) is 90.6 cm³/mol. The first-order valence-corrected chi connectivity index (χ1v) is 7.55. The number of aromatic hydroxyl groups is 1. The second-order valence-electron chi connectivity index (χ2n) is 4.83. The molecule has 0 atom stereocenters. The Morgan fingerprint density at radius 1 is 1.33 bits per heavy atom.